The molecule has 2 heterocycles. The summed E-state index contributed by atoms with van der Waals surface area (Å²) in [5.74, 6) is -0.779. The Morgan fingerprint density at radius 1 is 0.931 bits per heavy atom. The number of hydrogen-bond acceptors (Lipinski definition) is 4. The lowest BCUT2D eigenvalue weighted by Gasteiger charge is -2.15. The van der Waals surface area contributed by atoms with E-state index in [1.54, 1.807) is 60.9 Å². The van der Waals surface area contributed by atoms with E-state index >= 15 is 0 Å². The standard InChI is InChI=1S/C23H19N3O3/c1-15(17-10-12-24-13-11-17)25-21(27)18-8-6-16(7-9-18)14-26-22(28)19-4-2-3-5-20(19)23(26)29/h2-13,15H,14H2,1H3,(H,25,27). The third kappa shape index (κ3) is 3.65. The molecule has 2 aromatic carbocycles. The zero-order chi connectivity index (χ0) is 20.4. The smallest absolute Gasteiger partial charge is 0.261 e. The van der Waals surface area contributed by atoms with E-state index in [-0.39, 0.29) is 30.3 Å². The van der Waals surface area contributed by atoms with Gasteiger partial charge in [0.2, 0.25) is 0 Å². The van der Waals surface area contributed by atoms with Crippen molar-refractivity contribution in [3.8, 4) is 0 Å². The molecule has 144 valence electrons. The molecule has 0 bridgehead atoms. The Morgan fingerprint density at radius 2 is 1.52 bits per heavy atom. The van der Waals surface area contributed by atoms with E-state index in [4.69, 9.17) is 0 Å². The highest BCUT2D eigenvalue weighted by molar-refractivity contribution is 6.21. The zero-order valence-corrected chi connectivity index (χ0v) is 15.8. The van der Waals surface area contributed by atoms with Gasteiger partial charge in [0, 0.05) is 18.0 Å². The van der Waals surface area contributed by atoms with E-state index in [1.165, 1.54) is 4.90 Å². The first-order valence-electron chi connectivity index (χ1n) is 9.29. The molecule has 0 spiro atoms. The van der Waals surface area contributed by atoms with E-state index in [1.807, 2.05) is 19.1 Å². The van der Waals surface area contributed by atoms with Gasteiger partial charge in [-0.3, -0.25) is 24.3 Å². The predicted octanol–water partition coefficient (Wildman–Crippen LogP) is 3.37. The molecule has 6 nitrogen and oxygen atoms in total. The molecule has 1 aliphatic rings. The van der Waals surface area contributed by atoms with E-state index in [0.29, 0.717) is 16.7 Å². The van der Waals surface area contributed by atoms with Crippen LogP contribution in [0.2, 0.25) is 0 Å². The minimum Gasteiger partial charge on any atom is -0.346 e. The van der Waals surface area contributed by atoms with Crippen molar-refractivity contribution in [2.24, 2.45) is 0 Å². The van der Waals surface area contributed by atoms with Crippen molar-refractivity contribution in [1.29, 1.82) is 0 Å². The zero-order valence-electron chi connectivity index (χ0n) is 15.8. The maximum Gasteiger partial charge on any atom is 0.261 e. The Balaban J connectivity index is 1.43. The van der Waals surface area contributed by atoms with Crippen LogP contribution in [0.25, 0.3) is 0 Å². The van der Waals surface area contributed by atoms with Crippen LogP contribution in [0.4, 0.5) is 0 Å². The van der Waals surface area contributed by atoms with Crippen LogP contribution in [0.15, 0.2) is 73.1 Å². The van der Waals surface area contributed by atoms with Crippen LogP contribution >= 0.6 is 0 Å². The van der Waals surface area contributed by atoms with Gasteiger partial charge in [-0.05, 0) is 54.4 Å². The van der Waals surface area contributed by atoms with E-state index in [9.17, 15) is 14.4 Å². The molecule has 0 aliphatic carbocycles. The van der Waals surface area contributed by atoms with Gasteiger partial charge in [-0.1, -0.05) is 24.3 Å². The summed E-state index contributed by atoms with van der Waals surface area (Å²) < 4.78 is 0. The highest BCUT2D eigenvalue weighted by atomic mass is 16.2. The Hall–Kier alpha value is -3.80. The molecule has 1 atom stereocenters. The second kappa shape index (κ2) is 7.67. The van der Waals surface area contributed by atoms with Gasteiger partial charge in [-0.2, -0.15) is 0 Å². The van der Waals surface area contributed by atoms with Crippen LogP contribution in [0, 0.1) is 0 Å². The number of amides is 3. The lowest BCUT2D eigenvalue weighted by Crippen LogP contribution is -2.29. The largest absolute Gasteiger partial charge is 0.346 e. The monoisotopic (exact) mass is 385 g/mol. The van der Waals surface area contributed by atoms with Crippen molar-refractivity contribution < 1.29 is 14.4 Å². The first-order chi connectivity index (χ1) is 14.0. The van der Waals surface area contributed by atoms with Gasteiger partial charge in [0.15, 0.2) is 0 Å². The molecular formula is C23H19N3O3. The molecule has 1 N–H and O–H groups in total. The fourth-order valence-corrected chi connectivity index (χ4v) is 3.34. The molecule has 3 amide bonds. The second-order valence-electron chi connectivity index (χ2n) is 6.91. The van der Waals surface area contributed by atoms with Gasteiger partial charge in [0.05, 0.1) is 23.7 Å². The van der Waals surface area contributed by atoms with Crippen LogP contribution < -0.4 is 5.32 Å². The highest BCUT2D eigenvalue weighted by Crippen LogP contribution is 2.24. The second-order valence-corrected chi connectivity index (χ2v) is 6.91. The minimum absolute atomic E-state index is 0.150. The SMILES string of the molecule is CC(NC(=O)c1ccc(CN2C(=O)c3ccccc3C2=O)cc1)c1ccncc1. The fraction of sp³-hybridized carbons (Fsp3) is 0.130. The average Bonchev–Trinajstić information content (AvgIpc) is 3.00. The number of fused-ring (bicyclic) bond motifs is 1. The predicted molar refractivity (Wildman–Crippen MR) is 107 cm³/mol. The van der Waals surface area contributed by atoms with Crippen molar-refractivity contribution >= 4 is 17.7 Å². The summed E-state index contributed by atoms with van der Waals surface area (Å²) in [6.45, 7) is 2.07. The number of hydrogen-bond donors (Lipinski definition) is 1. The number of carbonyl (C=O) groups is 3. The summed E-state index contributed by atoms with van der Waals surface area (Å²) >= 11 is 0. The van der Waals surface area contributed by atoms with Crippen molar-refractivity contribution in [3.63, 3.8) is 0 Å². The summed E-state index contributed by atoms with van der Waals surface area (Å²) in [6, 6.07) is 17.3. The Bertz CT molecular complexity index is 1040. The molecule has 6 heteroatoms. The van der Waals surface area contributed by atoms with Crippen molar-refractivity contribution in [2.75, 3.05) is 0 Å². The number of rotatable bonds is 5. The number of carbonyl (C=O) groups excluding carboxylic acids is 3. The first kappa shape index (κ1) is 18.6. The van der Waals surface area contributed by atoms with Crippen LogP contribution in [0.3, 0.4) is 0 Å². The molecule has 0 fully saturated rings. The maximum absolute atomic E-state index is 12.5. The summed E-state index contributed by atoms with van der Waals surface area (Å²) in [4.78, 5) is 42.7. The Labute approximate surface area is 168 Å². The van der Waals surface area contributed by atoms with Crippen molar-refractivity contribution in [2.45, 2.75) is 19.5 Å². The van der Waals surface area contributed by atoms with Gasteiger partial charge in [-0.25, -0.2) is 0 Å². The molecule has 4 rings (SSSR count). The number of benzene rings is 2. The molecule has 3 aromatic rings. The first-order valence-corrected chi connectivity index (χ1v) is 9.29. The molecular weight excluding hydrogens is 366 g/mol. The summed E-state index contributed by atoms with van der Waals surface area (Å²) in [6.07, 6.45) is 3.37. The molecule has 1 unspecified atom stereocenters. The number of nitrogens with one attached hydrogen (secondary N) is 1. The van der Waals surface area contributed by atoms with Gasteiger partial charge in [0.1, 0.15) is 0 Å². The summed E-state index contributed by atoms with van der Waals surface area (Å²) in [5.41, 5.74) is 3.11. The van der Waals surface area contributed by atoms with E-state index in [2.05, 4.69) is 10.3 Å². The van der Waals surface area contributed by atoms with Crippen LogP contribution in [0.1, 0.15) is 55.2 Å². The van der Waals surface area contributed by atoms with Gasteiger partial charge >= 0.3 is 0 Å². The number of aromatic nitrogens is 1. The Morgan fingerprint density at radius 3 is 2.10 bits per heavy atom. The molecule has 29 heavy (non-hydrogen) atoms. The highest BCUT2D eigenvalue weighted by Gasteiger charge is 2.34. The van der Waals surface area contributed by atoms with E-state index in [0.717, 1.165) is 11.1 Å². The summed E-state index contributed by atoms with van der Waals surface area (Å²) in [7, 11) is 0. The average molecular weight is 385 g/mol. The molecule has 1 aromatic heterocycles. The normalized spacial score (nSPS) is 13.9. The number of imide groups is 1. The molecule has 0 saturated heterocycles. The minimum atomic E-state index is -0.293. The molecule has 0 radical (unpaired) electrons. The maximum atomic E-state index is 12.5. The number of nitrogens with zero attached hydrogens (tertiary/aromatic N) is 2. The third-order valence-electron chi connectivity index (χ3n) is 4.99. The molecule has 0 saturated carbocycles. The van der Waals surface area contributed by atoms with Crippen LogP contribution in [0.5, 0.6) is 0 Å². The fourth-order valence-electron chi connectivity index (χ4n) is 3.34. The van der Waals surface area contributed by atoms with Crippen LogP contribution in [-0.2, 0) is 6.54 Å². The van der Waals surface area contributed by atoms with Gasteiger partial charge < -0.3 is 5.32 Å². The van der Waals surface area contributed by atoms with Crippen LogP contribution in [-0.4, -0.2) is 27.6 Å². The quantitative estimate of drug-likeness (QED) is 0.683. The van der Waals surface area contributed by atoms with Crippen molar-refractivity contribution in [3.05, 3.63) is 101 Å². The third-order valence-corrected chi connectivity index (χ3v) is 4.99. The lowest BCUT2D eigenvalue weighted by molar-refractivity contribution is 0.0641. The van der Waals surface area contributed by atoms with Crippen molar-refractivity contribution in [1.82, 2.24) is 15.2 Å². The van der Waals surface area contributed by atoms with Gasteiger partial charge in [-0.15, -0.1) is 0 Å². The summed E-state index contributed by atoms with van der Waals surface area (Å²) in [5, 5.41) is 2.95. The Kier molecular flexibility index (Phi) is 4.91. The van der Waals surface area contributed by atoms with E-state index < -0.39 is 0 Å². The molecule has 1 aliphatic heterocycles. The topological polar surface area (TPSA) is 79.4 Å². The number of pyridine rings is 1. The lowest BCUT2D eigenvalue weighted by atomic mass is 10.1. The van der Waals surface area contributed by atoms with Gasteiger partial charge in [0.25, 0.3) is 17.7 Å².